The molecule has 0 aliphatic carbocycles. The molecule has 1 aromatic carbocycles. The Morgan fingerprint density at radius 2 is 0.850 bits per heavy atom. The fourth-order valence-electron chi connectivity index (χ4n) is 5.27. The molecular formula is C34H60O5S. The van der Waals surface area contributed by atoms with Gasteiger partial charge in [-0.15, -0.1) is 0 Å². The first kappa shape index (κ1) is 36.6. The van der Waals surface area contributed by atoms with Gasteiger partial charge in [0.25, 0.3) is 10.1 Å². The van der Waals surface area contributed by atoms with E-state index in [1.165, 1.54) is 166 Å². The molecule has 0 atom stereocenters. The van der Waals surface area contributed by atoms with Crippen LogP contribution >= 0.6 is 0 Å². The zero-order valence-corrected chi connectivity index (χ0v) is 26.5. The second-order valence-electron chi connectivity index (χ2n) is 11.7. The van der Waals surface area contributed by atoms with Gasteiger partial charge in [-0.05, 0) is 30.7 Å². The summed E-state index contributed by atoms with van der Waals surface area (Å²) in [6.45, 7) is 2.29. The first-order chi connectivity index (χ1) is 19.4. The molecule has 0 spiro atoms. The highest BCUT2D eigenvalue weighted by Gasteiger charge is 2.10. The number of ether oxygens (including phenoxy) is 1. The number of esters is 1. The predicted octanol–water partition coefficient (Wildman–Crippen LogP) is 11.0. The molecule has 0 saturated carbocycles. The predicted molar refractivity (Wildman–Crippen MR) is 168 cm³/mol. The molecule has 6 heteroatoms. The third-order valence-corrected chi connectivity index (χ3v) is 8.71. The van der Waals surface area contributed by atoms with E-state index in [2.05, 4.69) is 6.92 Å². The van der Waals surface area contributed by atoms with E-state index in [1.54, 1.807) is 0 Å². The molecule has 0 saturated heterocycles. The van der Waals surface area contributed by atoms with Gasteiger partial charge in [0.05, 0.1) is 4.90 Å². The highest BCUT2D eigenvalue weighted by Crippen LogP contribution is 2.18. The molecule has 1 aromatic rings. The average Bonchev–Trinajstić information content (AvgIpc) is 2.93. The molecule has 0 amide bonds. The Balaban J connectivity index is 1.76. The van der Waals surface area contributed by atoms with Crippen LogP contribution in [0.4, 0.5) is 0 Å². The van der Waals surface area contributed by atoms with Gasteiger partial charge >= 0.3 is 5.97 Å². The third kappa shape index (κ3) is 22.3. The topological polar surface area (TPSA) is 80.7 Å². The van der Waals surface area contributed by atoms with Gasteiger partial charge < -0.3 is 4.74 Å². The molecular weight excluding hydrogens is 520 g/mol. The number of carbonyl (C=O) groups is 1. The van der Waals surface area contributed by atoms with E-state index >= 15 is 0 Å². The van der Waals surface area contributed by atoms with Gasteiger partial charge in [-0.25, -0.2) is 0 Å². The minimum absolute atomic E-state index is 0.215. The Morgan fingerprint density at radius 1 is 0.550 bits per heavy atom. The van der Waals surface area contributed by atoms with E-state index in [-0.39, 0.29) is 16.6 Å². The van der Waals surface area contributed by atoms with Gasteiger partial charge in [0.1, 0.15) is 5.75 Å². The van der Waals surface area contributed by atoms with Crippen molar-refractivity contribution < 1.29 is 22.5 Å². The molecule has 1 N–H and O–H groups in total. The van der Waals surface area contributed by atoms with Gasteiger partial charge in [-0.3, -0.25) is 9.35 Å². The second kappa shape index (κ2) is 25.3. The maximum absolute atomic E-state index is 11.9. The van der Waals surface area contributed by atoms with E-state index in [1.807, 2.05) is 0 Å². The Morgan fingerprint density at radius 3 is 1.15 bits per heavy atom. The zero-order valence-electron chi connectivity index (χ0n) is 25.7. The van der Waals surface area contributed by atoms with Crippen LogP contribution in [0.3, 0.4) is 0 Å². The summed E-state index contributed by atoms with van der Waals surface area (Å²) in [6, 6.07) is 5.20. The standard InChI is InChI=1S/C34H60O5S/c1-2-3-4-5-6-7-8-9-10-11-12-13-14-15-16-17-18-19-20-21-22-23-24-25-26-27-34(35)39-32-28-30-33(31-29-32)40(36,37)38/h28-31H,2-27H2,1H3,(H,36,37,38). The summed E-state index contributed by atoms with van der Waals surface area (Å²) >= 11 is 0. The van der Waals surface area contributed by atoms with Crippen LogP contribution in [0, 0.1) is 0 Å². The summed E-state index contributed by atoms with van der Waals surface area (Å²) in [5.74, 6) is -0.0225. The molecule has 40 heavy (non-hydrogen) atoms. The molecule has 1 rings (SSSR count). The fraction of sp³-hybridized carbons (Fsp3) is 0.794. The Bertz CT molecular complexity index is 819. The largest absolute Gasteiger partial charge is 0.427 e. The van der Waals surface area contributed by atoms with Crippen LogP contribution in [0.15, 0.2) is 29.2 Å². The van der Waals surface area contributed by atoms with Crippen LogP contribution < -0.4 is 4.74 Å². The smallest absolute Gasteiger partial charge is 0.311 e. The van der Waals surface area contributed by atoms with Gasteiger partial charge in [0, 0.05) is 6.42 Å². The fourth-order valence-corrected chi connectivity index (χ4v) is 5.75. The number of benzene rings is 1. The summed E-state index contributed by atoms with van der Waals surface area (Å²) < 4.78 is 36.3. The number of hydrogen-bond acceptors (Lipinski definition) is 4. The van der Waals surface area contributed by atoms with E-state index in [0.29, 0.717) is 6.42 Å². The Labute approximate surface area is 247 Å². The quantitative estimate of drug-likeness (QED) is 0.0461. The minimum atomic E-state index is -4.23. The van der Waals surface area contributed by atoms with Crippen LogP contribution in [0.1, 0.15) is 174 Å². The first-order valence-corrected chi connectivity index (χ1v) is 18.2. The van der Waals surface area contributed by atoms with Crippen LogP contribution in [0.2, 0.25) is 0 Å². The van der Waals surface area contributed by atoms with Gasteiger partial charge in [0.2, 0.25) is 0 Å². The lowest BCUT2D eigenvalue weighted by molar-refractivity contribution is -0.134. The van der Waals surface area contributed by atoms with Crippen molar-refractivity contribution in [1.29, 1.82) is 0 Å². The SMILES string of the molecule is CCCCCCCCCCCCCCCCCCCCCCCCCCCC(=O)Oc1ccc(S(=O)(=O)O)cc1. The Kier molecular flexibility index (Phi) is 23.2. The molecule has 0 aliphatic rings. The van der Waals surface area contributed by atoms with Crippen molar-refractivity contribution in [3.63, 3.8) is 0 Å². The summed E-state index contributed by atoms with van der Waals surface area (Å²) in [4.78, 5) is 11.7. The van der Waals surface area contributed by atoms with E-state index < -0.39 is 10.1 Å². The lowest BCUT2D eigenvalue weighted by atomic mass is 10.0. The highest BCUT2D eigenvalue weighted by molar-refractivity contribution is 7.85. The molecule has 0 aliphatic heterocycles. The monoisotopic (exact) mass is 580 g/mol. The molecule has 0 bridgehead atoms. The maximum Gasteiger partial charge on any atom is 0.311 e. The molecule has 0 aromatic heterocycles. The van der Waals surface area contributed by atoms with Crippen molar-refractivity contribution in [1.82, 2.24) is 0 Å². The van der Waals surface area contributed by atoms with Crippen LogP contribution in [-0.2, 0) is 14.9 Å². The lowest BCUT2D eigenvalue weighted by Gasteiger charge is -2.05. The second-order valence-corrected chi connectivity index (χ2v) is 13.1. The van der Waals surface area contributed by atoms with Crippen LogP contribution in [0.5, 0.6) is 5.75 Å². The average molecular weight is 581 g/mol. The van der Waals surface area contributed by atoms with Crippen molar-refractivity contribution in [2.75, 3.05) is 0 Å². The molecule has 5 nitrogen and oxygen atoms in total. The normalized spacial score (nSPS) is 11.7. The molecule has 0 radical (unpaired) electrons. The summed E-state index contributed by atoms with van der Waals surface area (Å²) in [5.41, 5.74) is 0. The van der Waals surface area contributed by atoms with Crippen molar-refractivity contribution in [2.24, 2.45) is 0 Å². The van der Waals surface area contributed by atoms with Gasteiger partial charge in [0.15, 0.2) is 0 Å². The summed E-state index contributed by atoms with van der Waals surface area (Å²) in [6.07, 6.45) is 34.2. The van der Waals surface area contributed by atoms with Gasteiger partial charge in [-0.1, -0.05) is 161 Å². The van der Waals surface area contributed by atoms with Crippen molar-refractivity contribution >= 4 is 16.1 Å². The molecule has 0 fully saturated rings. The number of carbonyl (C=O) groups excluding carboxylic acids is 1. The number of unbranched alkanes of at least 4 members (excludes halogenated alkanes) is 24. The van der Waals surface area contributed by atoms with Crippen LogP contribution in [-0.4, -0.2) is 18.9 Å². The summed E-state index contributed by atoms with van der Waals surface area (Å²) in [5, 5.41) is 0. The van der Waals surface area contributed by atoms with E-state index in [0.717, 1.165) is 19.3 Å². The zero-order chi connectivity index (χ0) is 29.2. The lowest BCUT2D eigenvalue weighted by Crippen LogP contribution is -2.07. The minimum Gasteiger partial charge on any atom is -0.427 e. The van der Waals surface area contributed by atoms with Crippen molar-refractivity contribution in [3.05, 3.63) is 24.3 Å². The molecule has 232 valence electrons. The highest BCUT2D eigenvalue weighted by atomic mass is 32.2. The molecule has 0 heterocycles. The van der Waals surface area contributed by atoms with E-state index in [9.17, 15) is 13.2 Å². The summed E-state index contributed by atoms with van der Waals surface area (Å²) in [7, 11) is -4.23. The molecule has 0 unspecified atom stereocenters. The van der Waals surface area contributed by atoms with Gasteiger partial charge in [-0.2, -0.15) is 8.42 Å². The maximum atomic E-state index is 11.9. The Hall–Kier alpha value is -1.40. The van der Waals surface area contributed by atoms with E-state index in [4.69, 9.17) is 9.29 Å². The van der Waals surface area contributed by atoms with Crippen LogP contribution in [0.25, 0.3) is 0 Å². The third-order valence-electron chi connectivity index (χ3n) is 7.84. The number of rotatable bonds is 28. The first-order valence-electron chi connectivity index (χ1n) is 16.7. The number of hydrogen-bond donors (Lipinski definition) is 1. The van der Waals surface area contributed by atoms with Crippen molar-refractivity contribution in [2.45, 2.75) is 179 Å². The van der Waals surface area contributed by atoms with Crippen molar-refractivity contribution in [3.8, 4) is 5.75 Å².